The van der Waals surface area contributed by atoms with Gasteiger partial charge in [-0.1, -0.05) is 141 Å². The van der Waals surface area contributed by atoms with Crippen LogP contribution < -0.4 is 0 Å². The summed E-state index contributed by atoms with van der Waals surface area (Å²) in [7, 11) is 6.25. The van der Waals surface area contributed by atoms with Crippen molar-refractivity contribution < 1.29 is 14.1 Å². The molecule has 0 saturated carbocycles. The Labute approximate surface area is 293 Å². The summed E-state index contributed by atoms with van der Waals surface area (Å²) in [6.45, 7) is 5.16. The number of allylic oxidation sites excluding steroid dienone is 4. The van der Waals surface area contributed by atoms with Gasteiger partial charge in [-0.15, -0.1) is 11.6 Å². The Morgan fingerprint density at radius 2 is 0.783 bits per heavy atom. The first-order valence-electron chi connectivity index (χ1n) is 20.0. The van der Waals surface area contributed by atoms with Gasteiger partial charge in [0, 0.05) is 12.8 Å². The van der Waals surface area contributed by atoms with Crippen LogP contribution in [0.5, 0.6) is 0 Å². The summed E-state index contributed by atoms with van der Waals surface area (Å²) >= 11 is 6.74. The Morgan fingerprint density at radius 1 is 0.478 bits per heavy atom. The van der Waals surface area contributed by atoms with E-state index in [1.165, 1.54) is 141 Å². The minimum atomic E-state index is -0.690. The molecule has 0 aliphatic heterocycles. The predicted molar refractivity (Wildman–Crippen MR) is 205 cm³/mol. The van der Waals surface area contributed by atoms with Crippen LogP contribution in [0.4, 0.5) is 0 Å². The van der Waals surface area contributed by atoms with Crippen molar-refractivity contribution in [3.63, 3.8) is 0 Å². The van der Waals surface area contributed by atoms with Gasteiger partial charge in [0.05, 0.1) is 33.6 Å². The quantitative estimate of drug-likeness (QED) is 0.0292. The molecule has 270 valence electrons. The molecule has 0 amide bonds. The summed E-state index contributed by atoms with van der Waals surface area (Å²) in [5.41, 5.74) is 0. The fraction of sp³-hybridized carbons (Fsp3) is 0.857. The van der Waals surface area contributed by atoms with Crippen LogP contribution in [0.15, 0.2) is 24.3 Å². The number of unbranched alkanes of at least 4 members (excludes halogenated alkanes) is 22. The summed E-state index contributed by atoms with van der Waals surface area (Å²) in [4.78, 5) is 26.3. The largest absolute Gasteiger partial charge is 0.330 e. The lowest BCUT2D eigenvalue weighted by Gasteiger charge is -2.30. The molecule has 0 radical (unpaired) electrons. The summed E-state index contributed by atoms with van der Waals surface area (Å²) in [5, 5.41) is -0.690. The molecule has 0 fully saturated rings. The number of nitrogens with zero attached hydrogens (tertiary/aromatic N) is 1. The Bertz CT molecular complexity index is 753. The molecule has 0 aliphatic carbocycles. The maximum Gasteiger partial charge on any atom is 0.151 e. The molecule has 4 heteroatoms. The van der Waals surface area contributed by atoms with Gasteiger partial charge in [0.2, 0.25) is 0 Å². The van der Waals surface area contributed by atoms with E-state index in [0.29, 0.717) is 23.9 Å². The molecule has 0 aromatic carbocycles. The van der Waals surface area contributed by atoms with Crippen LogP contribution in [0.2, 0.25) is 0 Å². The minimum absolute atomic E-state index is 0.0654. The zero-order valence-electron chi connectivity index (χ0n) is 31.6. The normalized spacial score (nSPS) is 13.6. The number of carbonyl (C=O) groups excluding carboxylic acids is 2. The minimum Gasteiger partial charge on any atom is -0.330 e. The third-order valence-corrected chi connectivity index (χ3v) is 9.74. The van der Waals surface area contributed by atoms with Crippen molar-refractivity contribution in [3.8, 4) is 0 Å². The molecule has 3 nitrogen and oxygen atoms in total. The Hall–Kier alpha value is -0.930. The lowest BCUT2D eigenvalue weighted by Crippen LogP contribution is -2.46. The van der Waals surface area contributed by atoms with Gasteiger partial charge in [-0.25, -0.2) is 0 Å². The van der Waals surface area contributed by atoms with E-state index in [9.17, 15) is 9.59 Å². The van der Waals surface area contributed by atoms with Crippen LogP contribution in [0.1, 0.15) is 194 Å². The number of hydrogen-bond acceptors (Lipinski definition) is 2. The summed E-state index contributed by atoms with van der Waals surface area (Å²) in [6, 6.07) is 0. The monoisotopic (exact) mass is 665 g/mol. The second-order valence-electron chi connectivity index (χ2n) is 15.1. The van der Waals surface area contributed by atoms with Gasteiger partial charge in [-0.05, 0) is 64.2 Å². The first-order valence-corrected chi connectivity index (χ1v) is 20.5. The maximum atomic E-state index is 13.3. The maximum absolute atomic E-state index is 13.3. The van der Waals surface area contributed by atoms with Crippen molar-refractivity contribution in [1.29, 1.82) is 0 Å². The van der Waals surface area contributed by atoms with Crippen LogP contribution in [-0.4, -0.2) is 49.1 Å². The van der Waals surface area contributed by atoms with E-state index in [2.05, 4.69) is 59.3 Å². The molecular formula is C42H79ClNO2+. The SMILES string of the molecule is CCCCCCCC/C=C\CCCCCCCC(=O)C(Cl)C(C[N+](C)(C)C)C(=O)CCCCCCC/C=C\CCCCCCCC. The summed E-state index contributed by atoms with van der Waals surface area (Å²) in [6.07, 6.45) is 42.9. The van der Waals surface area contributed by atoms with Gasteiger partial charge in [0.15, 0.2) is 5.78 Å². The highest BCUT2D eigenvalue weighted by molar-refractivity contribution is 6.32. The lowest BCUT2D eigenvalue weighted by atomic mass is 9.90. The molecule has 0 heterocycles. The molecule has 0 spiro atoms. The lowest BCUT2D eigenvalue weighted by molar-refractivity contribution is -0.872. The van der Waals surface area contributed by atoms with Crippen molar-refractivity contribution in [2.75, 3.05) is 27.7 Å². The van der Waals surface area contributed by atoms with E-state index in [1.807, 2.05) is 0 Å². The van der Waals surface area contributed by atoms with Crippen LogP contribution in [0, 0.1) is 5.92 Å². The molecule has 0 aliphatic rings. The summed E-state index contributed by atoms with van der Waals surface area (Å²) < 4.78 is 0.646. The van der Waals surface area contributed by atoms with E-state index in [0.717, 1.165) is 25.7 Å². The van der Waals surface area contributed by atoms with Gasteiger partial charge in [0.1, 0.15) is 11.2 Å². The smallest absolute Gasteiger partial charge is 0.151 e. The van der Waals surface area contributed by atoms with Gasteiger partial charge >= 0.3 is 0 Å². The first-order chi connectivity index (χ1) is 22.2. The van der Waals surface area contributed by atoms with E-state index in [4.69, 9.17) is 11.6 Å². The van der Waals surface area contributed by atoms with E-state index < -0.39 is 5.38 Å². The first kappa shape index (κ1) is 45.1. The molecule has 46 heavy (non-hydrogen) atoms. The van der Waals surface area contributed by atoms with Gasteiger partial charge in [-0.2, -0.15) is 0 Å². The molecule has 2 unspecified atom stereocenters. The van der Waals surface area contributed by atoms with Crippen molar-refractivity contribution in [3.05, 3.63) is 24.3 Å². The number of halogens is 1. The summed E-state index contributed by atoms with van der Waals surface area (Å²) in [5.74, 6) is -0.131. The highest BCUT2D eigenvalue weighted by Crippen LogP contribution is 2.22. The number of rotatable bonds is 35. The fourth-order valence-electron chi connectivity index (χ4n) is 6.24. The van der Waals surface area contributed by atoms with Gasteiger partial charge in [-0.3, -0.25) is 9.59 Å². The molecule has 0 aromatic heterocycles. The van der Waals surface area contributed by atoms with Gasteiger partial charge < -0.3 is 4.48 Å². The Morgan fingerprint density at radius 3 is 1.13 bits per heavy atom. The van der Waals surface area contributed by atoms with Crippen molar-refractivity contribution in [2.45, 2.75) is 199 Å². The fourth-order valence-corrected chi connectivity index (χ4v) is 6.56. The van der Waals surface area contributed by atoms with E-state index in [-0.39, 0.29) is 17.5 Å². The van der Waals surface area contributed by atoms with Gasteiger partial charge in [0.25, 0.3) is 0 Å². The highest BCUT2D eigenvalue weighted by atomic mass is 35.5. The Balaban J connectivity index is 4.09. The number of carbonyl (C=O) groups is 2. The number of ketones is 2. The van der Waals surface area contributed by atoms with E-state index in [1.54, 1.807) is 0 Å². The zero-order valence-corrected chi connectivity index (χ0v) is 32.4. The number of Topliss-reactive ketones (excluding diaryl/α,β-unsaturated/α-hetero) is 2. The molecule has 0 bridgehead atoms. The predicted octanol–water partition coefficient (Wildman–Crippen LogP) is 13.1. The second kappa shape index (κ2) is 32.6. The third-order valence-electron chi connectivity index (χ3n) is 9.19. The van der Waals surface area contributed by atoms with Crippen LogP contribution >= 0.6 is 11.6 Å². The molecule has 2 atom stereocenters. The molecule has 0 saturated heterocycles. The number of alkyl halides is 1. The molecule has 0 N–H and O–H groups in total. The number of hydrogen-bond donors (Lipinski definition) is 0. The number of quaternary nitrogens is 1. The Kier molecular flexibility index (Phi) is 31.9. The van der Waals surface area contributed by atoms with Crippen molar-refractivity contribution in [2.24, 2.45) is 5.92 Å². The average molecular weight is 666 g/mol. The molecular weight excluding hydrogens is 586 g/mol. The van der Waals surface area contributed by atoms with Crippen LogP contribution in [-0.2, 0) is 9.59 Å². The van der Waals surface area contributed by atoms with Crippen LogP contribution in [0.3, 0.4) is 0 Å². The zero-order chi connectivity index (χ0) is 34.1. The van der Waals surface area contributed by atoms with E-state index >= 15 is 0 Å². The van der Waals surface area contributed by atoms with Crippen molar-refractivity contribution >= 4 is 23.2 Å². The van der Waals surface area contributed by atoms with Crippen LogP contribution in [0.25, 0.3) is 0 Å². The molecule has 0 aromatic rings. The second-order valence-corrected chi connectivity index (χ2v) is 15.6. The topological polar surface area (TPSA) is 34.1 Å². The highest BCUT2D eigenvalue weighted by Gasteiger charge is 2.35. The standard InChI is InChI=1S/C42H79ClNO2/c1-6-8-10-12-14-16-18-20-22-24-26-28-30-32-34-36-40(45)39(38-44(3,4)5)42(43)41(46)37-35-33-31-29-27-25-23-21-19-17-15-13-11-9-7-2/h20-23,39,42H,6-19,24-38H2,1-5H3/q+1/b22-20-,23-21-. The van der Waals surface area contributed by atoms with Crippen molar-refractivity contribution in [1.82, 2.24) is 0 Å². The molecule has 0 rings (SSSR count). The average Bonchev–Trinajstić information content (AvgIpc) is 3.02. The third kappa shape index (κ3) is 30.4.